The second-order valence-corrected chi connectivity index (χ2v) is 5.36. The Hall–Kier alpha value is -1.39. The number of likely N-dealkylation sites (N-methyl/N-ethyl adjacent to an activating group) is 1. The van der Waals surface area contributed by atoms with E-state index < -0.39 is 0 Å². The lowest BCUT2D eigenvalue weighted by molar-refractivity contribution is 0.382. The minimum atomic E-state index is 0.183. The number of halogens is 1. The molecule has 0 spiro atoms. The molecule has 1 aromatic heterocycles. The number of benzene rings is 1. The molecule has 1 heterocycles. The van der Waals surface area contributed by atoms with Gasteiger partial charge in [0.2, 0.25) is 5.88 Å². The quantitative estimate of drug-likeness (QED) is 0.873. The molecule has 0 fully saturated rings. The standard InChI is InChI=1S/C16H19BrN2O/c1-3-18-15(11-12-7-4-5-9-14(12)17)13-8-6-10-19-16(13)20-2/h4-10,15,18H,3,11H2,1-2H3. The number of hydrogen-bond acceptors (Lipinski definition) is 3. The third-order valence-electron chi connectivity index (χ3n) is 3.20. The van der Waals surface area contributed by atoms with Crippen molar-refractivity contribution >= 4 is 15.9 Å². The van der Waals surface area contributed by atoms with Crippen LogP contribution in [-0.4, -0.2) is 18.6 Å². The third kappa shape index (κ3) is 3.58. The van der Waals surface area contributed by atoms with Gasteiger partial charge in [-0.15, -0.1) is 0 Å². The minimum absolute atomic E-state index is 0.183. The molecule has 1 aromatic carbocycles. The van der Waals surface area contributed by atoms with E-state index in [1.807, 2.05) is 12.1 Å². The van der Waals surface area contributed by atoms with E-state index in [0.29, 0.717) is 5.88 Å². The molecular weight excluding hydrogens is 316 g/mol. The highest BCUT2D eigenvalue weighted by Crippen LogP contribution is 2.28. The van der Waals surface area contributed by atoms with Crippen LogP contribution in [0.5, 0.6) is 5.88 Å². The highest BCUT2D eigenvalue weighted by Gasteiger charge is 2.17. The molecule has 2 rings (SSSR count). The summed E-state index contributed by atoms with van der Waals surface area (Å²) >= 11 is 3.61. The van der Waals surface area contributed by atoms with Crippen LogP contribution < -0.4 is 10.1 Å². The highest BCUT2D eigenvalue weighted by molar-refractivity contribution is 9.10. The Labute approximate surface area is 128 Å². The second kappa shape index (κ2) is 7.41. The SMILES string of the molecule is CCNC(Cc1ccccc1Br)c1cccnc1OC. The first-order valence-electron chi connectivity index (χ1n) is 6.72. The average molecular weight is 335 g/mol. The maximum atomic E-state index is 5.38. The van der Waals surface area contributed by atoms with Gasteiger partial charge in [-0.1, -0.05) is 47.1 Å². The fourth-order valence-electron chi connectivity index (χ4n) is 2.26. The smallest absolute Gasteiger partial charge is 0.217 e. The van der Waals surface area contributed by atoms with Crippen LogP contribution in [0, 0.1) is 0 Å². The first-order valence-corrected chi connectivity index (χ1v) is 7.51. The van der Waals surface area contributed by atoms with Crippen molar-refractivity contribution in [3.05, 3.63) is 58.2 Å². The van der Waals surface area contributed by atoms with Crippen molar-refractivity contribution in [3.63, 3.8) is 0 Å². The van der Waals surface area contributed by atoms with E-state index in [1.54, 1.807) is 13.3 Å². The van der Waals surface area contributed by atoms with Crippen molar-refractivity contribution in [2.45, 2.75) is 19.4 Å². The summed E-state index contributed by atoms with van der Waals surface area (Å²) in [5.41, 5.74) is 2.36. The highest BCUT2D eigenvalue weighted by atomic mass is 79.9. The summed E-state index contributed by atoms with van der Waals surface area (Å²) in [5.74, 6) is 0.686. The molecular formula is C16H19BrN2O. The largest absolute Gasteiger partial charge is 0.481 e. The number of nitrogens with zero attached hydrogens (tertiary/aromatic N) is 1. The maximum Gasteiger partial charge on any atom is 0.217 e. The van der Waals surface area contributed by atoms with E-state index in [1.165, 1.54) is 5.56 Å². The molecule has 0 aliphatic carbocycles. The van der Waals surface area contributed by atoms with Gasteiger partial charge in [-0.25, -0.2) is 4.98 Å². The van der Waals surface area contributed by atoms with Crippen molar-refractivity contribution < 1.29 is 4.74 Å². The lowest BCUT2D eigenvalue weighted by atomic mass is 9.99. The van der Waals surface area contributed by atoms with Crippen LogP contribution in [0.1, 0.15) is 24.1 Å². The molecule has 1 unspecified atom stereocenters. The average Bonchev–Trinajstić information content (AvgIpc) is 2.49. The Morgan fingerprint density at radius 2 is 2.05 bits per heavy atom. The van der Waals surface area contributed by atoms with Gasteiger partial charge in [0.1, 0.15) is 0 Å². The summed E-state index contributed by atoms with van der Waals surface area (Å²) in [7, 11) is 1.66. The molecule has 0 saturated carbocycles. The number of rotatable bonds is 6. The molecule has 2 aromatic rings. The van der Waals surface area contributed by atoms with Crippen molar-refractivity contribution in [1.82, 2.24) is 10.3 Å². The summed E-state index contributed by atoms with van der Waals surface area (Å²) < 4.78 is 6.51. The Morgan fingerprint density at radius 1 is 1.25 bits per heavy atom. The summed E-state index contributed by atoms with van der Waals surface area (Å²) in [6, 6.07) is 12.5. The molecule has 0 radical (unpaired) electrons. The number of ether oxygens (including phenoxy) is 1. The van der Waals surface area contributed by atoms with Gasteiger partial charge in [-0.3, -0.25) is 0 Å². The van der Waals surface area contributed by atoms with Gasteiger partial charge >= 0.3 is 0 Å². The molecule has 3 nitrogen and oxygen atoms in total. The molecule has 0 aliphatic heterocycles. The zero-order chi connectivity index (χ0) is 14.4. The third-order valence-corrected chi connectivity index (χ3v) is 3.98. The normalized spacial score (nSPS) is 12.2. The number of methoxy groups -OCH3 is 1. The number of hydrogen-bond donors (Lipinski definition) is 1. The van der Waals surface area contributed by atoms with Gasteiger partial charge in [0.05, 0.1) is 7.11 Å². The Morgan fingerprint density at radius 3 is 2.75 bits per heavy atom. The minimum Gasteiger partial charge on any atom is -0.481 e. The summed E-state index contributed by atoms with van der Waals surface area (Å²) in [5, 5.41) is 3.51. The van der Waals surface area contributed by atoms with Gasteiger partial charge in [-0.05, 0) is 30.7 Å². The van der Waals surface area contributed by atoms with E-state index in [9.17, 15) is 0 Å². The second-order valence-electron chi connectivity index (χ2n) is 4.51. The fourth-order valence-corrected chi connectivity index (χ4v) is 2.71. The molecule has 20 heavy (non-hydrogen) atoms. The lowest BCUT2D eigenvalue weighted by Gasteiger charge is -2.20. The van der Waals surface area contributed by atoms with Crippen molar-refractivity contribution in [1.29, 1.82) is 0 Å². The predicted octanol–water partition coefficient (Wildman–Crippen LogP) is 3.75. The zero-order valence-corrected chi connectivity index (χ0v) is 13.4. The van der Waals surface area contributed by atoms with Crippen LogP contribution in [0.25, 0.3) is 0 Å². The van der Waals surface area contributed by atoms with Gasteiger partial charge in [0.15, 0.2) is 0 Å². The Balaban J connectivity index is 2.29. The number of pyridine rings is 1. The van der Waals surface area contributed by atoms with Crippen LogP contribution in [0.3, 0.4) is 0 Å². The first kappa shape index (κ1) is 15.0. The molecule has 0 aliphatic rings. The monoisotopic (exact) mass is 334 g/mol. The van der Waals surface area contributed by atoms with Crippen LogP contribution >= 0.6 is 15.9 Å². The van der Waals surface area contributed by atoms with Gasteiger partial charge in [-0.2, -0.15) is 0 Å². The summed E-state index contributed by atoms with van der Waals surface area (Å²) in [6.07, 6.45) is 2.64. The molecule has 0 saturated heterocycles. The van der Waals surface area contributed by atoms with Crippen molar-refractivity contribution in [3.8, 4) is 5.88 Å². The molecule has 0 bridgehead atoms. The summed E-state index contributed by atoms with van der Waals surface area (Å²) in [4.78, 5) is 4.29. The van der Waals surface area contributed by atoms with Crippen LogP contribution in [0.2, 0.25) is 0 Å². The molecule has 106 valence electrons. The van der Waals surface area contributed by atoms with Crippen LogP contribution in [0.15, 0.2) is 47.1 Å². The number of aromatic nitrogens is 1. The lowest BCUT2D eigenvalue weighted by Crippen LogP contribution is -2.23. The summed E-state index contributed by atoms with van der Waals surface area (Å²) in [6.45, 7) is 3.00. The molecule has 4 heteroatoms. The van der Waals surface area contributed by atoms with E-state index in [2.05, 4.69) is 57.4 Å². The maximum absolute atomic E-state index is 5.38. The predicted molar refractivity (Wildman–Crippen MR) is 85.1 cm³/mol. The van der Waals surface area contributed by atoms with Crippen molar-refractivity contribution in [2.75, 3.05) is 13.7 Å². The Bertz CT molecular complexity index is 560. The van der Waals surface area contributed by atoms with Gasteiger partial charge in [0, 0.05) is 22.3 Å². The zero-order valence-electron chi connectivity index (χ0n) is 11.8. The van der Waals surface area contributed by atoms with E-state index >= 15 is 0 Å². The topological polar surface area (TPSA) is 34.2 Å². The fraction of sp³-hybridized carbons (Fsp3) is 0.312. The Kier molecular flexibility index (Phi) is 5.56. The van der Waals surface area contributed by atoms with E-state index in [-0.39, 0.29) is 6.04 Å². The van der Waals surface area contributed by atoms with Gasteiger partial charge < -0.3 is 10.1 Å². The van der Waals surface area contributed by atoms with E-state index in [4.69, 9.17) is 4.74 Å². The number of nitrogens with one attached hydrogen (secondary N) is 1. The van der Waals surface area contributed by atoms with Crippen molar-refractivity contribution in [2.24, 2.45) is 0 Å². The molecule has 1 atom stereocenters. The van der Waals surface area contributed by atoms with E-state index in [0.717, 1.165) is 23.0 Å². The molecule has 0 amide bonds. The van der Waals surface area contributed by atoms with Gasteiger partial charge in [0.25, 0.3) is 0 Å². The molecule has 1 N–H and O–H groups in total. The van der Waals surface area contributed by atoms with Crippen LogP contribution in [-0.2, 0) is 6.42 Å². The first-order chi connectivity index (χ1) is 9.76. The van der Waals surface area contributed by atoms with Crippen LogP contribution in [0.4, 0.5) is 0 Å².